The first-order chi connectivity index (χ1) is 32.0. The highest BCUT2D eigenvalue weighted by molar-refractivity contribution is 5.71. The second-order valence-electron chi connectivity index (χ2n) is 18.1. The van der Waals surface area contributed by atoms with E-state index in [4.69, 9.17) is 14.2 Å². The minimum atomic E-state index is -0.789. The van der Waals surface area contributed by atoms with Gasteiger partial charge in [-0.15, -0.1) is 0 Å². The Kier molecular flexibility index (Phi) is 50.9. The molecule has 0 aliphatic carbocycles. The molecule has 0 N–H and O–H groups in total. The van der Waals surface area contributed by atoms with Gasteiger partial charge in [0.25, 0.3) is 0 Å². The van der Waals surface area contributed by atoms with Crippen LogP contribution in [0.25, 0.3) is 0 Å². The van der Waals surface area contributed by atoms with E-state index in [-0.39, 0.29) is 31.1 Å². The van der Waals surface area contributed by atoms with E-state index in [1.54, 1.807) is 0 Å². The number of rotatable bonds is 49. The van der Waals surface area contributed by atoms with Crippen molar-refractivity contribution in [3.63, 3.8) is 0 Å². The van der Waals surface area contributed by atoms with Crippen molar-refractivity contribution in [3.8, 4) is 0 Å². The number of allylic oxidation sites excluding steroid dienone is 12. The molecule has 0 saturated heterocycles. The Bertz CT molecular complexity index is 1230. The first-order valence-corrected chi connectivity index (χ1v) is 27.4. The largest absolute Gasteiger partial charge is 0.462 e. The van der Waals surface area contributed by atoms with Gasteiger partial charge < -0.3 is 14.2 Å². The van der Waals surface area contributed by atoms with Crippen LogP contribution in [0.1, 0.15) is 265 Å². The molecule has 0 aromatic rings. The second-order valence-corrected chi connectivity index (χ2v) is 18.1. The van der Waals surface area contributed by atoms with Crippen molar-refractivity contribution in [2.45, 2.75) is 271 Å². The van der Waals surface area contributed by atoms with E-state index in [1.807, 2.05) is 0 Å². The normalized spacial score (nSPS) is 12.6. The molecule has 0 fully saturated rings. The summed E-state index contributed by atoms with van der Waals surface area (Å²) >= 11 is 0. The molecule has 0 radical (unpaired) electrons. The third-order valence-electron chi connectivity index (χ3n) is 11.7. The van der Waals surface area contributed by atoms with E-state index < -0.39 is 6.10 Å². The van der Waals surface area contributed by atoms with Gasteiger partial charge in [-0.05, 0) is 103 Å². The number of hydrogen-bond acceptors (Lipinski definition) is 6. The SMILES string of the molecule is CC/C=C\C/C=C\C/C=C\CCCCCCCCCC(=O)OCC(COC(=O)CCCCCCC/C=C\C/C=C\CCCC)OC(=O)CCCCCCC/C=C\CCCCCCCCC. The standard InChI is InChI=1S/C59H102O6/c1-4-7-10-13-16-19-22-25-28-30-32-34-37-40-43-46-49-52-58(61)64-55-56(54-63-57(60)51-48-45-42-39-36-33-27-24-21-18-15-12-9-6-3)65-59(62)53-50-47-44-41-38-35-31-29-26-23-20-17-14-11-8-5-2/h7,10,15-16,18-19,24-25,27-29,31,56H,4-6,8-9,11-14,17,20-23,26,30,32-55H2,1-3H3/b10-7-,18-15-,19-16-,27-24-,28-25-,31-29-. The summed E-state index contributed by atoms with van der Waals surface area (Å²) in [5.74, 6) is -0.915. The zero-order chi connectivity index (χ0) is 47.2. The molecule has 0 spiro atoms. The Morgan fingerprint density at radius 2 is 0.615 bits per heavy atom. The number of ether oxygens (including phenoxy) is 3. The zero-order valence-electron chi connectivity index (χ0n) is 42.7. The lowest BCUT2D eigenvalue weighted by atomic mass is 10.1. The fourth-order valence-electron chi connectivity index (χ4n) is 7.53. The van der Waals surface area contributed by atoms with E-state index in [2.05, 4.69) is 93.7 Å². The lowest BCUT2D eigenvalue weighted by Gasteiger charge is -2.18. The van der Waals surface area contributed by atoms with Gasteiger partial charge in [0.2, 0.25) is 0 Å². The lowest BCUT2D eigenvalue weighted by Crippen LogP contribution is -2.30. The van der Waals surface area contributed by atoms with Crippen LogP contribution in [0.3, 0.4) is 0 Å². The van der Waals surface area contributed by atoms with E-state index in [0.29, 0.717) is 19.3 Å². The second kappa shape index (κ2) is 53.5. The average Bonchev–Trinajstić information content (AvgIpc) is 3.30. The molecule has 0 amide bonds. The maximum atomic E-state index is 12.8. The molecule has 65 heavy (non-hydrogen) atoms. The van der Waals surface area contributed by atoms with Crippen LogP contribution in [0.15, 0.2) is 72.9 Å². The van der Waals surface area contributed by atoms with Gasteiger partial charge in [-0.25, -0.2) is 0 Å². The van der Waals surface area contributed by atoms with Crippen molar-refractivity contribution in [2.24, 2.45) is 0 Å². The molecule has 0 aromatic carbocycles. The Labute approximate surface area is 402 Å². The zero-order valence-corrected chi connectivity index (χ0v) is 42.7. The summed E-state index contributed by atoms with van der Waals surface area (Å²) in [5, 5.41) is 0. The van der Waals surface area contributed by atoms with E-state index in [1.165, 1.54) is 109 Å². The molecular formula is C59H102O6. The van der Waals surface area contributed by atoms with Crippen molar-refractivity contribution in [1.29, 1.82) is 0 Å². The molecule has 6 heteroatoms. The first kappa shape index (κ1) is 61.9. The minimum absolute atomic E-state index is 0.0883. The Hall–Kier alpha value is -3.15. The summed E-state index contributed by atoms with van der Waals surface area (Å²) < 4.78 is 16.8. The van der Waals surface area contributed by atoms with E-state index >= 15 is 0 Å². The Morgan fingerprint density at radius 1 is 0.323 bits per heavy atom. The third-order valence-corrected chi connectivity index (χ3v) is 11.7. The Balaban J connectivity index is 4.42. The van der Waals surface area contributed by atoms with Crippen LogP contribution < -0.4 is 0 Å². The number of esters is 3. The van der Waals surface area contributed by atoms with Crippen LogP contribution in [0, 0.1) is 0 Å². The first-order valence-electron chi connectivity index (χ1n) is 27.4. The van der Waals surface area contributed by atoms with Crippen molar-refractivity contribution < 1.29 is 28.6 Å². The number of unbranched alkanes of at least 4 members (excludes halogenated alkanes) is 26. The van der Waals surface area contributed by atoms with Gasteiger partial charge in [0.1, 0.15) is 13.2 Å². The summed E-state index contributed by atoms with van der Waals surface area (Å²) in [6.45, 7) is 6.47. The van der Waals surface area contributed by atoms with Crippen molar-refractivity contribution in [3.05, 3.63) is 72.9 Å². The molecule has 1 unspecified atom stereocenters. The van der Waals surface area contributed by atoms with Gasteiger partial charge in [-0.2, -0.15) is 0 Å². The van der Waals surface area contributed by atoms with Gasteiger partial charge in [-0.3, -0.25) is 14.4 Å². The molecular weight excluding hydrogens is 805 g/mol. The molecule has 0 aromatic heterocycles. The van der Waals surface area contributed by atoms with Crippen LogP contribution in [-0.2, 0) is 28.6 Å². The summed E-state index contributed by atoms with van der Waals surface area (Å²) in [4.78, 5) is 38.1. The van der Waals surface area contributed by atoms with Crippen LogP contribution in [0.2, 0.25) is 0 Å². The van der Waals surface area contributed by atoms with Gasteiger partial charge in [0.15, 0.2) is 6.10 Å². The summed E-state index contributed by atoms with van der Waals surface area (Å²) in [6.07, 6.45) is 67.4. The van der Waals surface area contributed by atoms with Crippen LogP contribution in [0.4, 0.5) is 0 Å². The highest BCUT2D eigenvalue weighted by atomic mass is 16.6. The van der Waals surface area contributed by atoms with Gasteiger partial charge >= 0.3 is 17.9 Å². The summed E-state index contributed by atoms with van der Waals surface area (Å²) in [6, 6.07) is 0. The smallest absolute Gasteiger partial charge is 0.306 e. The van der Waals surface area contributed by atoms with Gasteiger partial charge in [-0.1, -0.05) is 216 Å². The predicted molar refractivity (Wildman–Crippen MR) is 279 cm³/mol. The van der Waals surface area contributed by atoms with Gasteiger partial charge in [0, 0.05) is 19.3 Å². The van der Waals surface area contributed by atoms with Crippen molar-refractivity contribution >= 4 is 17.9 Å². The molecule has 1 atom stereocenters. The molecule has 0 aliphatic heterocycles. The summed E-state index contributed by atoms with van der Waals surface area (Å²) in [7, 11) is 0. The van der Waals surface area contributed by atoms with Crippen LogP contribution in [0.5, 0.6) is 0 Å². The van der Waals surface area contributed by atoms with Crippen molar-refractivity contribution in [1.82, 2.24) is 0 Å². The van der Waals surface area contributed by atoms with E-state index in [9.17, 15) is 14.4 Å². The molecule has 0 aliphatic rings. The molecule has 0 saturated carbocycles. The fraction of sp³-hybridized carbons (Fsp3) is 0.746. The molecule has 0 heterocycles. The number of hydrogen-bond donors (Lipinski definition) is 0. The summed E-state index contributed by atoms with van der Waals surface area (Å²) in [5.41, 5.74) is 0. The molecule has 0 bridgehead atoms. The quantitative estimate of drug-likeness (QED) is 0.0262. The minimum Gasteiger partial charge on any atom is -0.462 e. The highest BCUT2D eigenvalue weighted by Crippen LogP contribution is 2.14. The molecule has 6 nitrogen and oxygen atoms in total. The molecule has 374 valence electrons. The molecule has 0 rings (SSSR count). The van der Waals surface area contributed by atoms with Gasteiger partial charge in [0.05, 0.1) is 0 Å². The Morgan fingerprint density at radius 3 is 1.00 bits per heavy atom. The lowest BCUT2D eigenvalue weighted by molar-refractivity contribution is -0.167. The van der Waals surface area contributed by atoms with E-state index in [0.717, 1.165) is 116 Å². The maximum Gasteiger partial charge on any atom is 0.306 e. The highest BCUT2D eigenvalue weighted by Gasteiger charge is 2.19. The van der Waals surface area contributed by atoms with Crippen LogP contribution >= 0.6 is 0 Å². The number of carbonyl (C=O) groups is 3. The number of carbonyl (C=O) groups excluding carboxylic acids is 3. The average molecular weight is 907 g/mol. The predicted octanol–water partition coefficient (Wildman–Crippen LogP) is 18.2. The third kappa shape index (κ3) is 51.7. The fourth-order valence-corrected chi connectivity index (χ4v) is 7.53. The van der Waals surface area contributed by atoms with Crippen LogP contribution in [-0.4, -0.2) is 37.2 Å². The van der Waals surface area contributed by atoms with Crippen molar-refractivity contribution in [2.75, 3.05) is 13.2 Å². The topological polar surface area (TPSA) is 78.9 Å². The monoisotopic (exact) mass is 907 g/mol. The maximum absolute atomic E-state index is 12.8.